The average Bonchev–Trinajstić information content (AvgIpc) is 2.93. The van der Waals surface area contributed by atoms with Crippen LogP contribution in [0.15, 0.2) is 46.2 Å². The molecule has 4 aromatic carbocycles. The summed E-state index contributed by atoms with van der Waals surface area (Å²) in [6, 6.07) is 3.96. The zero-order valence-electron chi connectivity index (χ0n) is 23.8. The first-order valence-corrected chi connectivity index (χ1v) is 16.6. The number of phenols is 2. The Hall–Kier alpha value is -3.80. The van der Waals surface area contributed by atoms with E-state index in [1.807, 2.05) is 0 Å². The van der Waals surface area contributed by atoms with E-state index in [9.17, 15) is 36.6 Å². The molecule has 0 heterocycles. The predicted molar refractivity (Wildman–Crippen MR) is 163 cm³/mol. The van der Waals surface area contributed by atoms with E-state index in [0.29, 0.717) is 0 Å². The summed E-state index contributed by atoms with van der Waals surface area (Å²) in [6.07, 6.45) is 0.0952. The van der Waals surface area contributed by atoms with Crippen LogP contribution < -0.4 is 20.9 Å². The van der Waals surface area contributed by atoms with Crippen LogP contribution in [0.25, 0.3) is 32.3 Å². The van der Waals surface area contributed by atoms with Crippen LogP contribution in [-0.4, -0.2) is 73.4 Å². The molecular weight excluding hydrogens is 616 g/mol. The summed E-state index contributed by atoms with van der Waals surface area (Å²) in [4.78, 5) is 21.4. The summed E-state index contributed by atoms with van der Waals surface area (Å²) in [5.74, 6) is -3.07. The van der Waals surface area contributed by atoms with Gasteiger partial charge in [0.15, 0.2) is 0 Å². The molecule has 10 N–H and O–H groups in total. The van der Waals surface area contributed by atoms with Gasteiger partial charge in [-0.25, -0.2) is 26.3 Å². The van der Waals surface area contributed by atoms with Gasteiger partial charge in [0.1, 0.15) is 23.6 Å². The third-order valence-corrected chi connectivity index (χ3v) is 10.8. The third-order valence-electron chi connectivity index (χ3n) is 7.53. The van der Waals surface area contributed by atoms with E-state index in [4.69, 9.17) is 21.7 Å². The van der Waals surface area contributed by atoms with Crippen molar-refractivity contribution in [3.63, 3.8) is 0 Å². The Balaban J connectivity index is 1.89. The first-order valence-electron chi connectivity index (χ1n) is 13.6. The second-order valence-electron chi connectivity index (χ2n) is 10.9. The van der Waals surface area contributed by atoms with Crippen molar-refractivity contribution in [1.29, 1.82) is 0 Å². The molecule has 0 saturated heterocycles. The van der Waals surface area contributed by atoms with Gasteiger partial charge in [0, 0.05) is 50.5 Å². The number of aromatic hydroxyl groups is 2. The van der Waals surface area contributed by atoms with Crippen molar-refractivity contribution in [2.24, 2.45) is 11.5 Å². The predicted octanol–water partition coefficient (Wildman–Crippen LogP) is 1.71. The summed E-state index contributed by atoms with van der Waals surface area (Å²) < 4.78 is 60.1. The molecule has 0 radical (unpaired) electrons. The minimum absolute atomic E-state index is 0.0248. The van der Waals surface area contributed by atoms with Gasteiger partial charge in [0.05, 0.1) is 9.79 Å². The number of carbonyl (C=O) groups is 2. The van der Waals surface area contributed by atoms with E-state index in [2.05, 4.69) is 9.44 Å². The smallest absolute Gasteiger partial charge is 0.320 e. The standard InChI is InChI=1S/C28H34N4O10S2/c1-13(3-9-19(29)27(35)36)31-43(39,40)23-12-24(44(41,42)32-14(2)4-10-20(30)28(37)38)18-8-6-16-22(34)11-21(33)15-5-7-17(23)26(18)25(15)16/h5-8,11-14,19-20,31-34H,3-4,9-10,29-30H2,1-2H3,(H,35,36)(H,37,38). The maximum atomic E-state index is 13.8. The molecule has 0 spiro atoms. The average molecular weight is 651 g/mol. The fourth-order valence-corrected chi connectivity index (χ4v) is 8.31. The number of nitrogens with one attached hydrogen (secondary N) is 2. The van der Waals surface area contributed by atoms with Gasteiger partial charge in [-0.15, -0.1) is 0 Å². The van der Waals surface area contributed by atoms with Gasteiger partial charge < -0.3 is 31.9 Å². The van der Waals surface area contributed by atoms with E-state index >= 15 is 0 Å². The van der Waals surface area contributed by atoms with E-state index < -0.39 is 65.9 Å². The molecule has 16 heteroatoms. The Morgan fingerprint density at radius 1 is 0.659 bits per heavy atom. The fourth-order valence-electron chi connectivity index (χ4n) is 5.22. The lowest BCUT2D eigenvalue weighted by atomic mass is 9.93. The quantitative estimate of drug-likeness (QED) is 0.0907. The summed E-state index contributed by atoms with van der Waals surface area (Å²) >= 11 is 0. The number of phenolic OH excluding ortho intramolecular Hbond substituents is 2. The number of sulfonamides is 2. The van der Waals surface area contributed by atoms with Crippen LogP contribution in [0.5, 0.6) is 11.5 Å². The number of hydrogen-bond donors (Lipinski definition) is 8. The Kier molecular flexibility index (Phi) is 9.25. The first-order chi connectivity index (χ1) is 20.4. The Labute approximate surface area is 253 Å². The van der Waals surface area contributed by atoms with Gasteiger partial charge in [0.25, 0.3) is 0 Å². The number of rotatable bonds is 14. The minimum Gasteiger partial charge on any atom is -0.507 e. The maximum Gasteiger partial charge on any atom is 0.320 e. The minimum atomic E-state index is -4.45. The van der Waals surface area contributed by atoms with E-state index in [0.717, 1.165) is 12.1 Å². The summed E-state index contributed by atoms with van der Waals surface area (Å²) in [7, 11) is -8.90. The lowest BCUT2D eigenvalue weighted by molar-refractivity contribution is -0.139. The number of aliphatic carboxylic acids is 2. The lowest BCUT2D eigenvalue weighted by Gasteiger charge is -2.21. The van der Waals surface area contributed by atoms with E-state index in [1.165, 1.54) is 38.1 Å². The van der Waals surface area contributed by atoms with Crippen molar-refractivity contribution >= 4 is 64.3 Å². The Morgan fingerprint density at radius 3 is 1.36 bits per heavy atom. The van der Waals surface area contributed by atoms with Crippen LogP contribution in [-0.2, 0) is 29.6 Å². The number of carboxylic acid groups (broad SMARTS) is 2. The molecule has 238 valence electrons. The van der Waals surface area contributed by atoms with Crippen LogP contribution in [0.4, 0.5) is 0 Å². The largest absolute Gasteiger partial charge is 0.507 e. The number of nitrogens with two attached hydrogens (primary N) is 2. The van der Waals surface area contributed by atoms with Crippen molar-refractivity contribution < 1.29 is 46.9 Å². The second-order valence-corrected chi connectivity index (χ2v) is 14.3. The van der Waals surface area contributed by atoms with Gasteiger partial charge in [-0.2, -0.15) is 0 Å². The monoisotopic (exact) mass is 650 g/mol. The topological polar surface area (TPSA) is 259 Å². The Bertz CT molecular complexity index is 1830. The zero-order valence-corrected chi connectivity index (χ0v) is 25.4. The summed E-state index contributed by atoms with van der Waals surface area (Å²) in [6.45, 7) is 3.03. The van der Waals surface area contributed by atoms with Crippen molar-refractivity contribution in [2.75, 3.05) is 0 Å². The molecule has 0 aliphatic rings. The molecule has 4 rings (SSSR count). The second kappa shape index (κ2) is 12.3. The number of hydrogen-bond acceptors (Lipinski definition) is 10. The summed E-state index contributed by atoms with van der Waals surface area (Å²) in [5.41, 5.74) is 11.1. The highest BCUT2D eigenvalue weighted by atomic mass is 32.2. The van der Waals surface area contributed by atoms with Crippen molar-refractivity contribution in [1.82, 2.24) is 9.44 Å². The van der Waals surface area contributed by atoms with E-state index in [1.54, 1.807) is 0 Å². The van der Waals surface area contributed by atoms with Gasteiger partial charge >= 0.3 is 11.9 Å². The highest BCUT2D eigenvalue weighted by molar-refractivity contribution is 7.90. The molecule has 0 aliphatic heterocycles. The fraction of sp³-hybridized carbons (Fsp3) is 0.357. The third kappa shape index (κ3) is 6.50. The molecular formula is C28H34N4O10S2. The van der Waals surface area contributed by atoms with Crippen LogP contribution in [0, 0.1) is 0 Å². The Morgan fingerprint density at radius 2 is 1.00 bits per heavy atom. The maximum absolute atomic E-state index is 13.8. The normalized spacial score (nSPS) is 15.5. The van der Waals surface area contributed by atoms with Gasteiger partial charge in [-0.3, -0.25) is 9.59 Å². The highest BCUT2D eigenvalue weighted by Gasteiger charge is 2.30. The molecule has 0 aliphatic carbocycles. The molecule has 0 amide bonds. The molecule has 0 bridgehead atoms. The molecule has 0 aromatic heterocycles. The molecule has 4 atom stereocenters. The number of carboxylic acids is 2. The van der Waals surface area contributed by atoms with Crippen molar-refractivity contribution in [2.45, 2.75) is 73.5 Å². The highest BCUT2D eigenvalue weighted by Crippen LogP contribution is 2.45. The molecule has 44 heavy (non-hydrogen) atoms. The number of benzene rings is 4. The van der Waals surface area contributed by atoms with Gasteiger partial charge in [-0.05, 0) is 57.7 Å². The lowest BCUT2D eigenvalue weighted by Crippen LogP contribution is -2.37. The molecule has 4 unspecified atom stereocenters. The van der Waals surface area contributed by atoms with Crippen LogP contribution in [0.3, 0.4) is 0 Å². The van der Waals surface area contributed by atoms with Crippen molar-refractivity contribution in [3.8, 4) is 11.5 Å². The molecule has 0 fully saturated rings. The first kappa shape index (κ1) is 33.1. The molecule has 4 aromatic rings. The SMILES string of the molecule is CC(CCC(N)C(=O)O)NS(=O)(=O)c1cc(S(=O)(=O)NC(C)CCC(N)C(=O)O)c2ccc3c(O)cc(O)c4ccc1c2c43. The molecule has 14 nitrogen and oxygen atoms in total. The van der Waals surface area contributed by atoms with Crippen LogP contribution in [0.1, 0.15) is 39.5 Å². The van der Waals surface area contributed by atoms with Gasteiger partial charge in [-0.1, -0.05) is 12.1 Å². The van der Waals surface area contributed by atoms with E-state index in [-0.39, 0.29) is 69.5 Å². The van der Waals surface area contributed by atoms with Crippen LogP contribution >= 0.6 is 0 Å². The van der Waals surface area contributed by atoms with Crippen molar-refractivity contribution in [3.05, 3.63) is 36.4 Å². The zero-order chi connectivity index (χ0) is 32.7. The summed E-state index contributed by atoms with van der Waals surface area (Å²) in [5, 5.41) is 40.4. The van der Waals surface area contributed by atoms with Gasteiger partial charge in [0.2, 0.25) is 20.0 Å². The van der Waals surface area contributed by atoms with Crippen LogP contribution in [0.2, 0.25) is 0 Å². The molecule has 0 saturated carbocycles.